The maximum atomic E-state index is 12.4. The third-order valence-electron chi connectivity index (χ3n) is 4.56. The molecule has 0 radical (unpaired) electrons. The van der Waals surface area contributed by atoms with Crippen molar-refractivity contribution in [2.45, 2.75) is 32.4 Å². The largest absolute Gasteiger partial charge is 0.348 e. The van der Waals surface area contributed by atoms with E-state index >= 15 is 0 Å². The van der Waals surface area contributed by atoms with E-state index in [1.807, 2.05) is 29.8 Å². The van der Waals surface area contributed by atoms with E-state index in [-0.39, 0.29) is 11.9 Å². The number of aromatic nitrogens is 4. The Hall–Kier alpha value is -2.76. The van der Waals surface area contributed by atoms with Gasteiger partial charge in [0, 0.05) is 18.0 Å². The van der Waals surface area contributed by atoms with Crippen LogP contribution in [-0.4, -0.2) is 31.7 Å². The molecule has 1 saturated carbocycles. The summed E-state index contributed by atoms with van der Waals surface area (Å²) in [6.07, 6.45) is 5.22. The molecule has 6 nitrogen and oxygen atoms in total. The lowest BCUT2D eigenvalue weighted by Crippen LogP contribution is -2.45. The first-order chi connectivity index (χ1) is 11.7. The summed E-state index contributed by atoms with van der Waals surface area (Å²) < 4.78 is 1.84. The third-order valence-corrected chi connectivity index (χ3v) is 4.56. The Balaban J connectivity index is 1.36. The highest BCUT2D eigenvalue weighted by Gasteiger charge is 2.31. The number of amides is 1. The summed E-state index contributed by atoms with van der Waals surface area (Å²) in [6.45, 7) is 2.91. The maximum absolute atomic E-state index is 12.4. The van der Waals surface area contributed by atoms with Crippen molar-refractivity contribution < 1.29 is 4.79 Å². The first-order valence-corrected chi connectivity index (χ1v) is 8.18. The van der Waals surface area contributed by atoms with Crippen LogP contribution in [0.25, 0.3) is 10.9 Å². The van der Waals surface area contributed by atoms with E-state index in [9.17, 15) is 4.79 Å². The second-order valence-corrected chi connectivity index (χ2v) is 6.52. The van der Waals surface area contributed by atoms with Crippen LogP contribution in [0.3, 0.4) is 0 Å². The van der Waals surface area contributed by atoms with Gasteiger partial charge in [-0.3, -0.25) is 9.48 Å². The average molecular weight is 321 g/mol. The molecule has 0 atom stereocenters. The predicted octanol–water partition coefficient (Wildman–Crippen LogP) is 2.34. The molecule has 3 aromatic rings. The molecule has 2 aromatic heterocycles. The quantitative estimate of drug-likeness (QED) is 0.800. The van der Waals surface area contributed by atoms with E-state index in [1.54, 1.807) is 18.7 Å². The van der Waals surface area contributed by atoms with Crippen molar-refractivity contribution in [3.05, 3.63) is 54.2 Å². The van der Waals surface area contributed by atoms with E-state index < -0.39 is 0 Å². The highest BCUT2D eigenvalue weighted by molar-refractivity contribution is 5.95. The van der Waals surface area contributed by atoms with Crippen molar-refractivity contribution in [1.82, 2.24) is 25.1 Å². The van der Waals surface area contributed by atoms with Gasteiger partial charge in [-0.2, -0.15) is 5.10 Å². The number of carbonyl (C=O) groups is 1. The number of nitrogens with zero attached hydrogens (tertiary/aromatic N) is 4. The number of pyridine rings is 1. The van der Waals surface area contributed by atoms with E-state index in [0.717, 1.165) is 30.3 Å². The summed E-state index contributed by atoms with van der Waals surface area (Å²) in [6, 6.07) is 10.0. The van der Waals surface area contributed by atoms with E-state index in [0.29, 0.717) is 11.6 Å². The minimum absolute atomic E-state index is 0.0957. The molecule has 1 amide bonds. The lowest BCUT2D eigenvalue weighted by molar-refractivity contribution is 0.0875. The monoisotopic (exact) mass is 321 g/mol. The average Bonchev–Trinajstić information content (AvgIpc) is 3.05. The van der Waals surface area contributed by atoms with Gasteiger partial charge in [0.05, 0.1) is 5.52 Å². The minimum Gasteiger partial charge on any atom is -0.348 e. The molecule has 0 bridgehead atoms. The second kappa shape index (κ2) is 6.03. The molecule has 1 fully saturated rings. The fourth-order valence-electron chi connectivity index (χ4n) is 3.22. The number of hydrogen-bond acceptors (Lipinski definition) is 4. The fraction of sp³-hybridized carbons (Fsp3) is 0.333. The van der Waals surface area contributed by atoms with Crippen LogP contribution < -0.4 is 5.32 Å². The number of rotatable bonds is 4. The molecule has 122 valence electrons. The smallest absolute Gasteiger partial charge is 0.270 e. The molecule has 1 aromatic carbocycles. The molecule has 0 unspecified atom stereocenters. The zero-order chi connectivity index (χ0) is 16.5. The molecular weight excluding hydrogens is 302 g/mol. The number of aryl methyl sites for hydroxylation is 1. The van der Waals surface area contributed by atoms with Gasteiger partial charge in [-0.25, -0.2) is 9.97 Å². The Morgan fingerprint density at radius 2 is 2.17 bits per heavy atom. The SMILES string of the molecule is Cc1ccc2nc(C(=O)NC3CC(Cn4cncn4)C3)ccc2c1. The van der Waals surface area contributed by atoms with E-state index in [4.69, 9.17) is 0 Å². The van der Waals surface area contributed by atoms with Crippen LogP contribution in [0.4, 0.5) is 0 Å². The van der Waals surface area contributed by atoms with Gasteiger partial charge in [-0.05, 0) is 43.9 Å². The van der Waals surface area contributed by atoms with Crippen LogP contribution in [0.1, 0.15) is 28.9 Å². The van der Waals surface area contributed by atoms with Crippen molar-refractivity contribution in [3.63, 3.8) is 0 Å². The first-order valence-electron chi connectivity index (χ1n) is 8.18. The second-order valence-electron chi connectivity index (χ2n) is 6.52. The third kappa shape index (κ3) is 2.99. The van der Waals surface area contributed by atoms with E-state index in [1.165, 1.54) is 5.56 Å². The molecule has 1 aliphatic carbocycles. The van der Waals surface area contributed by atoms with Crippen molar-refractivity contribution in [3.8, 4) is 0 Å². The molecule has 6 heteroatoms. The Bertz CT molecular complexity index is 868. The Morgan fingerprint density at radius 1 is 1.29 bits per heavy atom. The predicted molar refractivity (Wildman–Crippen MR) is 90.5 cm³/mol. The van der Waals surface area contributed by atoms with Gasteiger partial charge in [-0.1, -0.05) is 17.7 Å². The summed E-state index contributed by atoms with van der Waals surface area (Å²) in [5.74, 6) is 0.450. The number of fused-ring (bicyclic) bond motifs is 1. The zero-order valence-corrected chi connectivity index (χ0v) is 13.5. The van der Waals surface area contributed by atoms with Crippen LogP contribution >= 0.6 is 0 Å². The maximum Gasteiger partial charge on any atom is 0.270 e. The standard InChI is InChI=1S/C18H19N5O/c1-12-2-4-16-14(6-12)3-5-17(22-16)18(24)21-15-7-13(8-15)9-23-11-19-10-20-23/h2-6,10-11,13,15H,7-9H2,1H3,(H,21,24). The van der Waals surface area contributed by atoms with Gasteiger partial charge in [0.2, 0.25) is 0 Å². The van der Waals surface area contributed by atoms with Gasteiger partial charge in [-0.15, -0.1) is 0 Å². The highest BCUT2D eigenvalue weighted by Crippen LogP contribution is 2.28. The number of nitrogens with one attached hydrogen (secondary N) is 1. The molecule has 0 spiro atoms. The van der Waals surface area contributed by atoms with Crippen molar-refractivity contribution in [1.29, 1.82) is 0 Å². The Morgan fingerprint density at radius 3 is 2.96 bits per heavy atom. The summed E-state index contributed by atoms with van der Waals surface area (Å²) in [4.78, 5) is 20.8. The number of benzene rings is 1. The highest BCUT2D eigenvalue weighted by atomic mass is 16.1. The first kappa shape index (κ1) is 14.8. The fourth-order valence-corrected chi connectivity index (χ4v) is 3.22. The van der Waals surface area contributed by atoms with Crippen LogP contribution in [0, 0.1) is 12.8 Å². The van der Waals surface area contributed by atoms with Crippen molar-refractivity contribution >= 4 is 16.8 Å². The Labute approximate surface area is 139 Å². The van der Waals surface area contributed by atoms with Crippen molar-refractivity contribution in [2.24, 2.45) is 5.92 Å². The molecule has 1 N–H and O–H groups in total. The molecule has 4 rings (SSSR count). The van der Waals surface area contributed by atoms with Crippen molar-refractivity contribution in [2.75, 3.05) is 0 Å². The molecule has 24 heavy (non-hydrogen) atoms. The zero-order valence-electron chi connectivity index (χ0n) is 13.5. The number of carbonyl (C=O) groups excluding carboxylic acids is 1. The number of hydrogen-bond donors (Lipinski definition) is 1. The van der Waals surface area contributed by atoms with Gasteiger partial charge in [0.1, 0.15) is 18.3 Å². The molecule has 2 heterocycles. The lowest BCUT2D eigenvalue weighted by Gasteiger charge is -2.35. The van der Waals surface area contributed by atoms with Crippen LogP contribution in [-0.2, 0) is 6.54 Å². The molecule has 1 aliphatic rings. The Kier molecular flexibility index (Phi) is 3.72. The van der Waals surface area contributed by atoms with Gasteiger partial charge < -0.3 is 5.32 Å². The summed E-state index contributed by atoms with van der Waals surface area (Å²) >= 11 is 0. The minimum atomic E-state index is -0.0957. The molecular formula is C18H19N5O. The summed E-state index contributed by atoms with van der Waals surface area (Å²) in [5, 5.41) is 8.24. The molecule has 0 aliphatic heterocycles. The van der Waals surface area contributed by atoms with Gasteiger partial charge in [0.15, 0.2) is 0 Å². The molecule has 0 saturated heterocycles. The van der Waals surface area contributed by atoms with Gasteiger partial charge >= 0.3 is 0 Å². The van der Waals surface area contributed by atoms with Crippen LogP contribution in [0.2, 0.25) is 0 Å². The summed E-state index contributed by atoms with van der Waals surface area (Å²) in [7, 11) is 0. The van der Waals surface area contributed by atoms with E-state index in [2.05, 4.69) is 26.4 Å². The summed E-state index contributed by atoms with van der Waals surface area (Å²) in [5.41, 5.74) is 2.52. The lowest BCUT2D eigenvalue weighted by atomic mass is 9.80. The topological polar surface area (TPSA) is 72.7 Å². The van der Waals surface area contributed by atoms with Crippen LogP contribution in [0.15, 0.2) is 43.0 Å². The van der Waals surface area contributed by atoms with Crippen LogP contribution in [0.5, 0.6) is 0 Å². The normalized spacial score (nSPS) is 19.9. The van der Waals surface area contributed by atoms with Gasteiger partial charge in [0.25, 0.3) is 5.91 Å².